The zero-order valence-electron chi connectivity index (χ0n) is 18.6. The second-order valence-electron chi connectivity index (χ2n) is 7.43. The number of nitrogens with one attached hydrogen (secondary N) is 2. The van der Waals surface area contributed by atoms with Crippen LogP contribution in [0.15, 0.2) is 48.5 Å². The summed E-state index contributed by atoms with van der Waals surface area (Å²) in [7, 11) is 2.61. The summed E-state index contributed by atoms with van der Waals surface area (Å²) in [6.45, 7) is 1.12. The van der Waals surface area contributed by atoms with Gasteiger partial charge in [0.2, 0.25) is 0 Å². The van der Waals surface area contributed by atoms with Gasteiger partial charge in [0.15, 0.2) is 5.54 Å². The van der Waals surface area contributed by atoms with E-state index in [4.69, 9.17) is 10.3 Å². The Morgan fingerprint density at radius 1 is 1.00 bits per heavy atom. The third kappa shape index (κ3) is 5.75. The molecule has 2 aromatic rings. The van der Waals surface area contributed by atoms with Gasteiger partial charge in [0.1, 0.15) is 0 Å². The molecule has 0 unspecified atom stereocenters. The second kappa shape index (κ2) is 11.2. The van der Waals surface area contributed by atoms with Crippen LogP contribution in [0, 0.1) is 11.8 Å². The Kier molecular flexibility index (Phi) is 8.70. The quantitative estimate of drug-likeness (QED) is 0.180. The number of aliphatic hydroxyl groups is 2. The Labute approximate surface area is 192 Å². The van der Waals surface area contributed by atoms with Crippen molar-refractivity contribution in [3.05, 3.63) is 70.8 Å². The van der Waals surface area contributed by atoms with E-state index in [9.17, 15) is 19.5 Å². The van der Waals surface area contributed by atoms with Gasteiger partial charge in [-0.25, -0.2) is 5.48 Å². The number of hydrogen-bond donors (Lipinski definition) is 5. The molecule has 0 aromatic heterocycles. The maximum Gasteiger partial charge on any atom is 0.278 e. The molecule has 0 aliphatic carbocycles. The van der Waals surface area contributed by atoms with Crippen LogP contribution in [0.1, 0.15) is 46.5 Å². The maximum atomic E-state index is 12.9. The van der Waals surface area contributed by atoms with Gasteiger partial charge in [-0.05, 0) is 48.9 Å². The summed E-state index contributed by atoms with van der Waals surface area (Å²) in [5, 5.41) is 30.1. The maximum absolute atomic E-state index is 12.9. The molecule has 9 heteroatoms. The highest BCUT2D eigenvalue weighted by molar-refractivity contribution is 6.12. The van der Waals surface area contributed by atoms with Gasteiger partial charge >= 0.3 is 0 Å². The van der Waals surface area contributed by atoms with Crippen molar-refractivity contribution < 1.29 is 29.8 Å². The molecule has 0 spiro atoms. The van der Waals surface area contributed by atoms with Crippen LogP contribution in [0.3, 0.4) is 0 Å². The molecule has 0 aliphatic heterocycles. The molecule has 0 saturated carbocycles. The number of benzene rings is 2. The first-order valence-electron chi connectivity index (χ1n) is 10.1. The summed E-state index contributed by atoms with van der Waals surface area (Å²) >= 11 is 0. The van der Waals surface area contributed by atoms with Gasteiger partial charge in [-0.2, -0.15) is 0 Å². The predicted octanol–water partition coefficient (Wildman–Crippen LogP) is 0.584. The number of carbonyl (C=O) groups is 3. The van der Waals surface area contributed by atoms with Crippen LogP contribution in [0.2, 0.25) is 0 Å². The van der Waals surface area contributed by atoms with Gasteiger partial charge in [0, 0.05) is 43.8 Å². The summed E-state index contributed by atoms with van der Waals surface area (Å²) in [5.74, 6) is 3.56. The van der Waals surface area contributed by atoms with Gasteiger partial charge in [-0.3, -0.25) is 19.6 Å². The van der Waals surface area contributed by atoms with Crippen molar-refractivity contribution >= 4 is 17.7 Å². The van der Waals surface area contributed by atoms with E-state index in [0.29, 0.717) is 11.1 Å². The Morgan fingerprint density at radius 2 is 1.52 bits per heavy atom. The molecular weight excluding hydrogens is 426 g/mol. The SMILES string of the molecule is CNC(=O)[C@@](C)(C(=O)NO)N(C)C(=O)c1ccc(C#Cc2ccc([C@H](O)CCO)cc2)cc1. The molecule has 0 fully saturated rings. The molecule has 5 N–H and O–H groups in total. The second-order valence-corrected chi connectivity index (χ2v) is 7.43. The van der Waals surface area contributed by atoms with E-state index >= 15 is 0 Å². The number of rotatable bonds is 7. The first-order chi connectivity index (χ1) is 15.7. The average Bonchev–Trinajstić information content (AvgIpc) is 2.85. The summed E-state index contributed by atoms with van der Waals surface area (Å²) in [6.07, 6.45) is -0.466. The van der Waals surface area contributed by atoms with E-state index < -0.39 is 29.4 Å². The number of hydroxylamine groups is 1. The number of nitrogens with zero attached hydrogens (tertiary/aromatic N) is 1. The Bertz CT molecular complexity index is 1040. The van der Waals surface area contributed by atoms with Crippen LogP contribution >= 0.6 is 0 Å². The van der Waals surface area contributed by atoms with Crippen molar-refractivity contribution in [1.82, 2.24) is 15.7 Å². The molecule has 2 rings (SSSR count). The van der Waals surface area contributed by atoms with Crippen molar-refractivity contribution in [3.63, 3.8) is 0 Å². The summed E-state index contributed by atoms with van der Waals surface area (Å²) in [4.78, 5) is 38.2. The standard InChI is InChI=1S/C24H27N3O6/c1-24(22(31)25-2,23(32)26-33)27(3)21(30)19-12-8-17(9-13-19)5-4-16-6-10-18(11-7-16)20(29)14-15-28/h6-13,20,28-29,33H,14-15H2,1-3H3,(H,25,31)(H,26,32)/t20-,24+/m1/s1. The van der Waals surface area contributed by atoms with Crippen LogP contribution in [0.25, 0.3) is 0 Å². The molecule has 2 atom stereocenters. The van der Waals surface area contributed by atoms with Crippen LogP contribution < -0.4 is 10.8 Å². The molecule has 33 heavy (non-hydrogen) atoms. The summed E-state index contributed by atoms with van der Waals surface area (Å²) in [6, 6.07) is 13.3. The zero-order valence-corrected chi connectivity index (χ0v) is 18.6. The lowest BCUT2D eigenvalue weighted by Crippen LogP contribution is -2.64. The molecule has 3 amide bonds. The first kappa shape index (κ1) is 25.5. The van der Waals surface area contributed by atoms with E-state index in [-0.39, 0.29) is 18.6 Å². The first-order valence-corrected chi connectivity index (χ1v) is 10.1. The van der Waals surface area contributed by atoms with Crippen molar-refractivity contribution in [3.8, 4) is 11.8 Å². The topological polar surface area (TPSA) is 139 Å². The molecule has 174 valence electrons. The highest BCUT2D eigenvalue weighted by Crippen LogP contribution is 2.19. The molecule has 0 aliphatic rings. The minimum absolute atomic E-state index is 0.101. The lowest BCUT2D eigenvalue weighted by molar-refractivity contribution is -0.148. The highest BCUT2D eigenvalue weighted by Gasteiger charge is 2.47. The fourth-order valence-corrected chi connectivity index (χ4v) is 3.07. The fourth-order valence-electron chi connectivity index (χ4n) is 3.07. The molecule has 0 radical (unpaired) electrons. The smallest absolute Gasteiger partial charge is 0.278 e. The van der Waals surface area contributed by atoms with Crippen molar-refractivity contribution in [2.24, 2.45) is 0 Å². The van der Waals surface area contributed by atoms with E-state index in [1.54, 1.807) is 36.4 Å². The predicted molar refractivity (Wildman–Crippen MR) is 120 cm³/mol. The Hall–Kier alpha value is -3.71. The lowest BCUT2D eigenvalue weighted by Gasteiger charge is -2.34. The number of amides is 3. The zero-order chi connectivity index (χ0) is 24.6. The van der Waals surface area contributed by atoms with E-state index in [0.717, 1.165) is 10.5 Å². The highest BCUT2D eigenvalue weighted by atomic mass is 16.5. The van der Waals surface area contributed by atoms with Gasteiger partial charge in [-0.15, -0.1) is 0 Å². The van der Waals surface area contributed by atoms with Gasteiger partial charge < -0.3 is 20.4 Å². The fraction of sp³-hybridized carbons (Fsp3) is 0.292. The number of likely N-dealkylation sites (N-methyl/N-ethyl adjacent to an activating group) is 2. The molecular formula is C24H27N3O6. The monoisotopic (exact) mass is 453 g/mol. The van der Waals surface area contributed by atoms with Crippen LogP contribution in [-0.4, -0.2) is 64.3 Å². The van der Waals surface area contributed by atoms with Crippen LogP contribution in [0.4, 0.5) is 0 Å². The van der Waals surface area contributed by atoms with Crippen molar-refractivity contribution in [1.29, 1.82) is 0 Å². The van der Waals surface area contributed by atoms with Gasteiger partial charge in [-0.1, -0.05) is 24.0 Å². The van der Waals surface area contributed by atoms with Gasteiger partial charge in [0.25, 0.3) is 17.7 Å². The van der Waals surface area contributed by atoms with Crippen molar-refractivity contribution in [2.75, 3.05) is 20.7 Å². The van der Waals surface area contributed by atoms with E-state index in [1.807, 2.05) is 0 Å². The molecule has 9 nitrogen and oxygen atoms in total. The molecule has 2 aromatic carbocycles. The minimum atomic E-state index is -1.96. The van der Waals surface area contributed by atoms with Crippen LogP contribution in [-0.2, 0) is 9.59 Å². The third-order valence-electron chi connectivity index (χ3n) is 5.37. The van der Waals surface area contributed by atoms with E-state index in [2.05, 4.69) is 17.2 Å². The van der Waals surface area contributed by atoms with Crippen LogP contribution in [0.5, 0.6) is 0 Å². The lowest BCUT2D eigenvalue weighted by atomic mass is 9.96. The summed E-state index contributed by atoms with van der Waals surface area (Å²) < 4.78 is 0. The number of hydrogen-bond acceptors (Lipinski definition) is 6. The molecule has 0 heterocycles. The third-order valence-corrected chi connectivity index (χ3v) is 5.37. The Morgan fingerprint density at radius 3 is 1.97 bits per heavy atom. The summed E-state index contributed by atoms with van der Waals surface area (Å²) in [5.41, 5.74) is 1.76. The minimum Gasteiger partial charge on any atom is -0.396 e. The number of aliphatic hydroxyl groups excluding tert-OH is 2. The normalized spacial score (nSPS) is 13.0. The molecule has 0 saturated heterocycles. The van der Waals surface area contributed by atoms with Gasteiger partial charge in [0.05, 0.1) is 6.10 Å². The van der Waals surface area contributed by atoms with E-state index in [1.165, 1.54) is 38.6 Å². The number of carbonyl (C=O) groups excluding carboxylic acids is 3. The average molecular weight is 453 g/mol. The molecule has 0 bridgehead atoms. The Balaban J connectivity index is 2.18. The van der Waals surface area contributed by atoms with Crippen molar-refractivity contribution in [2.45, 2.75) is 25.0 Å². The largest absolute Gasteiger partial charge is 0.396 e.